The molecule has 2 amide bonds. The minimum atomic E-state index is -0.175. The van der Waals surface area contributed by atoms with Crippen LogP contribution in [-0.2, 0) is 0 Å². The van der Waals surface area contributed by atoms with E-state index in [0.29, 0.717) is 22.3 Å². The van der Waals surface area contributed by atoms with Crippen molar-refractivity contribution in [3.8, 4) is 0 Å². The van der Waals surface area contributed by atoms with E-state index in [2.05, 4.69) is 15.6 Å². The third-order valence-corrected chi connectivity index (χ3v) is 3.98. The molecule has 0 aliphatic heterocycles. The van der Waals surface area contributed by atoms with Crippen molar-refractivity contribution in [2.75, 3.05) is 5.32 Å². The van der Waals surface area contributed by atoms with E-state index in [-0.39, 0.29) is 6.03 Å². The molecule has 1 fully saturated rings. The van der Waals surface area contributed by atoms with Crippen LogP contribution in [0.15, 0.2) is 30.5 Å². The summed E-state index contributed by atoms with van der Waals surface area (Å²) in [5, 5.41) is 7.34. The molecular formula is C15H16ClN3O. The first-order valence-electron chi connectivity index (χ1n) is 6.85. The van der Waals surface area contributed by atoms with Crippen molar-refractivity contribution in [2.45, 2.75) is 31.7 Å². The van der Waals surface area contributed by atoms with Crippen molar-refractivity contribution >= 4 is 34.2 Å². The smallest absolute Gasteiger partial charge is 0.319 e. The van der Waals surface area contributed by atoms with Gasteiger partial charge in [-0.05, 0) is 37.1 Å². The van der Waals surface area contributed by atoms with E-state index in [4.69, 9.17) is 11.6 Å². The summed E-state index contributed by atoms with van der Waals surface area (Å²) in [6.45, 7) is 0. The molecule has 0 atom stereocenters. The number of halogens is 1. The lowest BCUT2D eigenvalue weighted by Gasteiger charge is -2.14. The van der Waals surface area contributed by atoms with Crippen LogP contribution in [0.1, 0.15) is 25.7 Å². The summed E-state index contributed by atoms with van der Waals surface area (Å²) < 4.78 is 0. The monoisotopic (exact) mass is 289 g/mol. The quantitative estimate of drug-likeness (QED) is 0.879. The van der Waals surface area contributed by atoms with Gasteiger partial charge in [0.15, 0.2) is 0 Å². The minimum Gasteiger partial charge on any atom is -0.335 e. The third kappa shape index (κ3) is 2.70. The van der Waals surface area contributed by atoms with Crippen molar-refractivity contribution < 1.29 is 4.79 Å². The molecule has 1 saturated carbocycles. The SMILES string of the molecule is O=C(Nc1ccc(Cl)c2cccnc12)NC1CCCC1. The fourth-order valence-electron chi connectivity index (χ4n) is 2.65. The van der Waals surface area contributed by atoms with E-state index < -0.39 is 0 Å². The van der Waals surface area contributed by atoms with Gasteiger partial charge in [0, 0.05) is 17.6 Å². The van der Waals surface area contributed by atoms with E-state index in [1.54, 1.807) is 18.3 Å². The average Bonchev–Trinajstić information content (AvgIpc) is 2.95. The van der Waals surface area contributed by atoms with Gasteiger partial charge in [-0.2, -0.15) is 0 Å². The second-order valence-electron chi connectivity index (χ2n) is 5.07. The molecule has 1 aliphatic rings. The number of hydrogen-bond donors (Lipinski definition) is 2. The first-order valence-corrected chi connectivity index (χ1v) is 7.22. The number of carbonyl (C=O) groups is 1. The van der Waals surface area contributed by atoms with Crippen molar-refractivity contribution in [1.29, 1.82) is 0 Å². The van der Waals surface area contributed by atoms with Gasteiger partial charge >= 0.3 is 6.03 Å². The van der Waals surface area contributed by atoms with Gasteiger partial charge in [0.2, 0.25) is 0 Å². The molecule has 2 aromatic rings. The highest BCUT2D eigenvalue weighted by Gasteiger charge is 2.17. The number of rotatable bonds is 2. The highest BCUT2D eigenvalue weighted by Crippen LogP contribution is 2.28. The Morgan fingerprint density at radius 3 is 2.85 bits per heavy atom. The molecule has 20 heavy (non-hydrogen) atoms. The summed E-state index contributed by atoms with van der Waals surface area (Å²) in [5.41, 5.74) is 1.39. The zero-order valence-corrected chi connectivity index (χ0v) is 11.8. The predicted molar refractivity (Wildman–Crippen MR) is 81.2 cm³/mol. The molecule has 0 bridgehead atoms. The number of carbonyl (C=O) groups excluding carboxylic acids is 1. The molecular weight excluding hydrogens is 274 g/mol. The Kier molecular flexibility index (Phi) is 3.74. The maximum Gasteiger partial charge on any atom is 0.319 e. The summed E-state index contributed by atoms with van der Waals surface area (Å²) in [7, 11) is 0. The second-order valence-corrected chi connectivity index (χ2v) is 5.48. The van der Waals surface area contributed by atoms with Crippen LogP contribution >= 0.6 is 11.6 Å². The predicted octanol–water partition coefficient (Wildman–Crippen LogP) is 3.95. The Morgan fingerprint density at radius 1 is 1.25 bits per heavy atom. The second kappa shape index (κ2) is 5.67. The standard InChI is InChI=1S/C15H16ClN3O/c16-12-7-8-13(14-11(12)6-3-9-17-14)19-15(20)18-10-4-1-2-5-10/h3,6-10H,1-2,4-5H2,(H2,18,19,20). The largest absolute Gasteiger partial charge is 0.335 e. The number of fused-ring (bicyclic) bond motifs is 1. The molecule has 0 spiro atoms. The summed E-state index contributed by atoms with van der Waals surface area (Å²) in [6, 6.07) is 7.40. The molecule has 3 rings (SSSR count). The number of nitrogens with one attached hydrogen (secondary N) is 2. The van der Waals surface area contributed by atoms with E-state index in [1.165, 1.54) is 12.8 Å². The van der Waals surface area contributed by atoms with Gasteiger partial charge in [0.05, 0.1) is 16.2 Å². The van der Waals surface area contributed by atoms with Crippen LogP contribution in [-0.4, -0.2) is 17.1 Å². The summed E-state index contributed by atoms with van der Waals surface area (Å²) in [4.78, 5) is 16.3. The van der Waals surface area contributed by atoms with E-state index in [1.807, 2.05) is 12.1 Å². The zero-order chi connectivity index (χ0) is 13.9. The molecule has 1 aromatic heterocycles. The van der Waals surface area contributed by atoms with Crippen LogP contribution in [0.4, 0.5) is 10.5 Å². The topological polar surface area (TPSA) is 54.0 Å². The van der Waals surface area contributed by atoms with Gasteiger partial charge in [-0.1, -0.05) is 24.4 Å². The molecule has 1 aliphatic carbocycles. The first-order chi connectivity index (χ1) is 9.74. The van der Waals surface area contributed by atoms with Crippen LogP contribution in [0.2, 0.25) is 5.02 Å². The molecule has 0 radical (unpaired) electrons. The molecule has 104 valence electrons. The number of benzene rings is 1. The Labute approximate surface area is 122 Å². The zero-order valence-electron chi connectivity index (χ0n) is 11.0. The lowest BCUT2D eigenvalue weighted by atomic mass is 10.2. The lowest BCUT2D eigenvalue weighted by Crippen LogP contribution is -2.36. The van der Waals surface area contributed by atoms with E-state index >= 15 is 0 Å². The number of anilines is 1. The summed E-state index contributed by atoms with van der Waals surface area (Å²) in [6.07, 6.45) is 6.20. The number of pyridine rings is 1. The van der Waals surface area contributed by atoms with E-state index in [9.17, 15) is 4.79 Å². The molecule has 0 unspecified atom stereocenters. The van der Waals surface area contributed by atoms with Crippen LogP contribution in [0.5, 0.6) is 0 Å². The minimum absolute atomic E-state index is 0.175. The molecule has 2 N–H and O–H groups in total. The van der Waals surface area contributed by atoms with Crippen molar-refractivity contribution in [3.05, 3.63) is 35.5 Å². The van der Waals surface area contributed by atoms with Gasteiger partial charge in [-0.3, -0.25) is 4.98 Å². The highest BCUT2D eigenvalue weighted by molar-refractivity contribution is 6.35. The van der Waals surface area contributed by atoms with Crippen molar-refractivity contribution in [3.63, 3.8) is 0 Å². The van der Waals surface area contributed by atoms with E-state index in [0.717, 1.165) is 18.2 Å². The molecule has 5 heteroatoms. The molecule has 0 saturated heterocycles. The van der Waals surface area contributed by atoms with Crippen molar-refractivity contribution in [2.24, 2.45) is 0 Å². The van der Waals surface area contributed by atoms with Crippen LogP contribution in [0, 0.1) is 0 Å². The summed E-state index contributed by atoms with van der Waals surface area (Å²) in [5.74, 6) is 0. The average molecular weight is 290 g/mol. The highest BCUT2D eigenvalue weighted by atomic mass is 35.5. The first kappa shape index (κ1) is 13.2. The third-order valence-electron chi connectivity index (χ3n) is 3.66. The van der Waals surface area contributed by atoms with Crippen LogP contribution in [0.3, 0.4) is 0 Å². The Bertz CT molecular complexity index is 638. The van der Waals surface area contributed by atoms with Gasteiger partial charge in [-0.15, -0.1) is 0 Å². The summed E-state index contributed by atoms with van der Waals surface area (Å²) >= 11 is 6.13. The number of amides is 2. The molecule has 4 nitrogen and oxygen atoms in total. The van der Waals surface area contributed by atoms with Crippen LogP contribution in [0.25, 0.3) is 10.9 Å². The number of hydrogen-bond acceptors (Lipinski definition) is 2. The van der Waals surface area contributed by atoms with Gasteiger partial charge in [0.25, 0.3) is 0 Å². The number of urea groups is 1. The van der Waals surface area contributed by atoms with Gasteiger partial charge in [0.1, 0.15) is 0 Å². The Balaban J connectivity index is 1.80. The molecule has 1 heterocycles. The number of aromatic nitrogens is 1. The Hall–Kier alpha value is -1.81. The van der Waals surface area contributed by atoms with Gasteiger partial charge in [-0.25, -0.2) is 4.79 Å². The number of nitrogens with zero attached hydrogens (tertiary/aromatic N) is 1. The fraction of sp³-hybridized carbons (Fsp3) is 0.333. The van der Waals surface area contributed by atoms with Crippen molar-refractivity contribution in [1.82, 2.24) is 10.3 Å². The maximum absolute atomic E-state index is 12.0. The fourth-order valence-corrected chi connectivity index (χ4v) is 2.87. The van der Waals surface area contributed by atoms with Gasteiger partial charge < -0.3 is 10.6 Å². The molecule has 1 aromatic carbocycles. The normalized spacial score (nSPS) is 15.4. The van der Waals surface area contributed by atoms with Crippen LogP contribution < -0.4 is 10.6 Å². The maximum atomic E-state index is 12.0. The Morgan fingerprint density at radius 2 is 2.05 bits per heavy atom. The lowest BCUT2D eigenvalue weighted by molar-refractivity contribution is 0.248.